The van der Waals surface area contributed by atoms with E-state index in [-0.39, 0.29) is 5.92 Å². The molecule has 1 aliphatic rings. The number of hydrogen-bond acceptors (Lipinski definition) is 1. The van der Waals surface area contributed by atoms with Gasteiger partial charge in [0.2, 0.25) is 0 Å². The summed E-state index contributed by atoms with van der Waals surface area (Å²) in [6, 6.07) is 26.3. The highest BCUT2D eigenvalue weighted by molar-refractivity contribution is 5.58. The molecule has 0 saturated carbocycles. The Morgan fingerprint density at radius 2 is 0.895 bits per heavy atom. The zero-order valence-electron chi connectivity index (χ0n) is 23.9. The van der Waals surface area contributed by atoms with Gasteiger partial charge in [0.1, 0.15) is 11.5 Å². The fourth-order valence-electron chi connectivity index (χ4n) is 6.02. The van der Waals surface area contributed by atoms with Gasteiger partial charge in [0.05, 0.1) is 0 Å². The summed E-state index contributed by atoms with van der Waals surface area (Å²) in [7, 11) is 0. The number of hydrogen-bond donors (Lipinski definition) is 0. The second-order valence-corrected chi connectivity index (χ2v) is 11.4. The molecule has 1 aliphatic heterocycles. The zero-order valence-corrected chi connectivity index (χ0v) is 23.9. The van der Waals surface area contributed by atoms with Crippen LogP contribution in [0.5, 0.6) is 11.5 Å². The number of ether oxygens (including phenoxy) is 1. The van der Waals surface area contributed by atoms with Crippen LogP contribution in [0.1, 0.15) is 138 Å². The largest absolute Gasteiger partial charge is 0.457 e. The minimum Gasteiger partial charge on any atom is -0.457 e. The van der Waals surface area contributed by atoms with Gasteiger partial charge in [-0.2, -0.15) is 0 Å². The van der Waals surface area contributed by atoms with E-state index in [4.69, 9.17) is 4.74 Å². The van der Waals surface area contributed by atoms with Crippen LogP contribution in [0.4, 0.5) is 0 Å². The van der Waals surface area contributed by atoms with Gasteiger partial charge in [0.15, 0.2) is 0 Å². The van der Waals surface area contributed by atoms with Crippen molar-refractivity contribution in [3.8, 4) is 11.5 Å². The normalized spacial score (nSPS) is 12.7. The summed E-state index contributed by atoms with van der Waals surface area (Å²) in [6.07, 6.45) is 24.0. The van der Waals surface area contributed by atoms with Crippen LogP contribution >= 0.6 is 0 Å². The average Bonchev–Trinajstić information content (AvgIpc) is 2.96. The second-order valence-electron chi connectivity index (χ2n) is 11.4. The summed E-state index contributed by atoms with van der Waals surface area (Å²) >= 11 is 0. The van der Waals surface area contributed by atoms with Crippen LogP contribution < -0.4 is 4.74 Å². The summed E-state index contributed by atoms with van der Waals surface area (Å²) in [5.41, 5.74) is 5.34. The smallest absolute Gasteiger partial charge is 0.131 e. The number of aryl methyl sites for hydroxylation is 1. The predicted octanol–water partition coefficient (Wildman–Crippen LogP) is 11.8. The molecule has 0 spiro atoms. The summed E-state index contributed by atoms with van der Waals surface area (Å²) in [5.74, 6) is 2.20. The van der Waals surface area contributed by atoms with Crippen LogP contribution in [0.25, 0.3) is 0 Å². The molecule has 0 saturated heterocycles. The average molecular weight is 511 g/mol. The highest BCUT2D eigenvalue weighted by Gasteiger charge is 2.27. The quantitative estimate of drug-likeness (QED) is 0.121. The number of para-hydroxylation sites is 2. The van der Waals surface area contributed by atoms with E-state index in [0.29, 0.717) is 0 Å². The molecule has 38 heavy (non-hydrogen) atoms. The van der Waals surface area contributed by atoms with E-state index in [2.05, 4.69) is 79.7 Å². The van der Waals surface area contributed by atoms with Gasteiger partial charge in [-0.25, -0.2) is 0 Å². The molecule has 0 aromatic heterocycles. The molecule has 0 amide bonds. The highest BCUT2D eigenvalue weighted by Crippen LogP contribution is 2.46. The van der Waals surface area contributed by atoms with Crippen molar-refractivity contribution in [3.05, 3.63) is 95.1 Å². The van der Waals surface area contributed by atoms with Crippen molar-refractivity contribution in [1.82, 2.24) is 0 Å². The van der Waals surface area contributed by atoms with Gasteiger partial charge in [0.25, 0.3) is 0 Å². The molecule has 1 heterocycles. The number of rotatable bonds is 18. The van der Waals surface area contributed by atoms with E-state index >= 15 is 0 Å². The Morgan fingerprint density at radius 3 is 1.37 bits per heavy atom. The predicted molar refractivity (Wildman–Crippen MR) is 164 cm³/mol. The molecule has 0 radical (unpaired) electrons. The van der Waals surface area contributed by atoms with E-state index in [1.54, 1.807) is 0 Å². The van der Waals surface area contributed by atoms with Crippen LogP contribution in [0.2, 0.25) is 0 Å². The standard InChI is InChI=1S/C37H50O/c1-2-3-4-5-6-7-8-9-10-11-12-13-14-15-16-17-22-31-27-29-32(30-28-31)37-33-23-18-20-25-35(33)38-36-26-21-19-24-34(36)37/h18-21,23-30,37H,2-17,22H2,1H3. The lowest BCUT2D eigenvalue weighted by atomic mass is 9.82. The van der Waals surface area contributed by atoms with E-state index < -0.39 is 0 Å². The molecule has 0 fully saturated rings. The Bertz CT molecular complexity index is 1000. The van der Waals surface area contributed by atoms with Crippen molar-refractivity contribution in [2.45, 2.75) is 122 Å². The van der Waals surface area contributed by atoms with Crippen LogP contribution in [0, 0.1) is 0 Å². The van der Waals surface area contributed by atoms with Crippen molar-refractivity contribution in [3.63, 3.8) is 0 Å². The van der Waals surface area contributed by atoms with E-state index in [0.717, 1.165) is 11.5 Å². The van der Waals surface area contributed by atoms with Crippen molar-refractivity contribution >= 4 is 0 Å². The van der Waals surface area contributed by atoms with Crippen LogP contribution in [0.15, 0.2) is 72.8 Å². The number of unbranched alkanes of at least 4 members (excludes halogenated alkanes) is 15. The first kappa shape index (κ1) is 28.5. The van der Waals surface area contributed by atoms with Gasteiger partial charge in [-0.1, -0.05) is 164 Å². The maximum atomic E-state index is 6.19. The molecule has 0 atom stereocenters. The third kappa shape index (κ3) is 8.75. The Kier molecular flexibility index (Phi) is 12.3. The molecule has 1 nitrogen and oxygen atoms in total. The summed E-state index contributed by atoms with van der Waals surface area (Å²) < 4.78 is 6.19. The van der Waals surface area contributed by atoms with Gasteiger partial charge >= 0.3 is 0 Å². The first-order valence-corrected chi connectivity index (χ1v) is 15.8. The van der Waals surface area contributed by atoms with Gasteiger partial charge in [-0.05, 0) is 36.1 Å². The SMILES string of the molecule is CCCCCCCCCCCCCCCCCCc1ccc(C2c3ccccc3Oc3ccccc32)cc1. The zero-order chi connectivity index (χ0) is 26.3. The summed E-state index contributed by atoms with van der Waals surface area (Å²) in [5, 5.41) is 0. The first-order chi connectivity index (χ1) is 18.9. The summed E-state index contributed by atoms with van der Waals surface area (Å²) in [4.78, 5) is 0. The van der Waals surface area contributed by atoms with Crippen LogP contribution in [-0.2, 0) is 6.42 Å². The Morgan fingerprint density at radius 1 is 0.474 bits per heavy atom. The Labute approximate surface area is 233 Å². The molecule has 3 aromatic carbocycles. The van der Waals surface area contributed by atoms with Gasteiger partial charge in [-0.3, -0.25) is 0 Å². The maximum Gasteiger partial charge on any atom is 0.131 e. The molecule has 0 unspecified atom stereocenters. The lowest BCUT2D eigenvalue weighted by molar-refractivity contribution is 0.453. The van der Waals surface area contributed by atoms with Crippen molar-refractivity contribution < 1.29 is 4.74 Å². The highest BCUT2D eigenvalue weighted by atomic mass is 16.5. The van der Waals surface area contributed by atoms with Gasteiger partial charge in [0, 0.05) is 17.0 Å². The molecule has 0 aliphatic carbocycles. The molecule has 3 aromatic rings. The van der Waals surface area contributed by atoms with E-state index in [1.165, 1.54) is 131 Å². The molecule has 0 N–H and O–H groups in total. The Balaban J connectivity index is 1.09. The molecule has 0 bridgehead atoms. The Hall–Kier alpha value is -2.54. The number of fused-ring (bicyclic) bond motifs is 2. The maximum absolute atomic E-state index is 6.19. The molecular formula is C37H50O. The van der Waals surface area contributed by atoms with Gasteiger partial charge in [-0.15, -0.1) is 0 Å². The number of benzene rings is 3. The fraction of sp³-hybridized carbons (Fsp3) is 0.514. The lowest BCUT2D eigenvalue weighted by Gasteiger charge is -2.28. The fourth-order valence-corrected chi connectivity index (χ4v) is 6.02. The van der Waals surface area contributed by atoms with E-state index in [9.17, 15) is 0 Å². The van der Waals surface area contributed by atoms with Crippen molar-refractivity contribution in [2.24, 2.45) is 0 Å². The van der Waals surface area contributed by atoms with Crippen molar-refractivity contribution in [1.29, 1.82) is 0 Å². The first-order valence-electron chi connectivity index (χ1n) is 15.8. The molecule has 4 rings (SSSR count). The topological polar surface area (TPSA) is 9.23 Å². The summed E-state index contributed by atoms with van der Waals surface area (Å²) in [6.45, 7) is 2.30. The minimum atomic E-state index is 0.237. The monoisotopic (exact) mass is 510 g/mol. The third-order valence-corrected chi connectivity index (χ3v) is 8.31. The lowest BCUT2D eigenvalue weighted by Crippen LogP contribution is -2.11. The van der Waals surface area contributed by atoms with Crippen molar-refractivity contribution in [2.75, 3.05) is 0 Å². The second kappa shape index (κ2) is 16.4. The molecule has 204 valence electrons. The van der Waals surface area contributed by atoms with Crippen LogP contribution in [0.3, 0.4) is 0 Å². The van der Waals surface area contributed by atoms with Crippen LogP contribution in [-0.4, -0.2) is 0 Å². The molecular weight excluding hydrogens is 460 g/mol. The van der Waals surface area contributed by atoms with Gasteiger partial charge < -0.3 is 4.74 Å². The minimum absolute atomic E-state index is 0.237. The third-order valence-electron chi connectivity index (χ3n) is 8.31. The van der Waals surface area contributed by atoms with E-state index in [1.807, 2.05) is 0 Å². The molecule has 1 heteroatoms.